The zero-order chi connectivity index (χ0) is 16.5. The second-order valence-electron chi connectivity index (χ2n) is 5.04. The van der Waals surface area contributed by atoms with Gasteiger partial charge in [0.05, 0.1) is 20.1 Å². The number of nitrogens with zero attached hydrogens (tertiary/aromatic N) is 1. The highest BCUT2D eigenvalue weighted by Crippen LogP contribution is 2.16. The topological polar surface area (TPSA) is 55.8 Å². The summed E-state index contributed by atoms with van der Waals surface area (Å²) in [4.78, 5) is 25.9. The molecule has 1 rings (SSSR count). The van der Waals surface area contributed by atoms with Gasteiger partial charge < -0.3 is 14.4 Å². The second-order valence-corrected chi connectivity index (χ2v) is 5.04. The molecule has 5 heteroatoms. The average molecular weight is 307 g/mol. The number of ether oxygens (including phenoxy) is 2. The number of carbonyl (C=O) groups excluding carboxylic acids is 2. The fourth-order valence-corrected chi connectivity index (χ4v) is 2.09. The van der Waals surface area contributed by atoms with Gasteiger partial charge in [-0.1, -0.05) is 6.92 Å². The van der Waals surface area contributed by atoms with Crippen molar-refractivity contribution in [2.75, 3.05) is 20.3 Å². The van der Waals surface area contributed by atoms with Crippen molar-refractivity contribution >= 4 is 11.9 Å². The first-order valence-corrected chi connectivity index (χ1v) is 7.64. The monoisotopic (exact) mass is 307 g/mol. The molecule has 0 radical (unpaired) electrons. The summed E-state index contributed by atoms with van der Waals surface area (Å²) in [6.07, 6.45) is 1.03. The summed E-state index contributed by atoms with van der Waals surface area (Å²) in [6, 6.07) is 7.05. The minimum Gasteiger partial charge on any atom is -0.497 e. The summed E-state index contributed by atoms with van der Waals surface area (Å²) in [7, 11) is 1.58. The molecule has 0 saturated carbocycles. The van der Waals surface area contributed by atoms with Crippen LogP contribution in [-0.4, -0.2) is 43.1 Å². The minimum absolute atomic E-state index is 0.0593. The fourth-order valence-electron chi connectivity index (χ4n) is 2.09. The largest absolute Gasteiger partial charge is 0.497 e. The van der Waals surface area contributed by atoms with Gasteiger partial charge in [-0.25, -0.2) is 0 Å². The maximum Gasteiger partial charge on any atom is 0.307 e. The molecule has 1 unspecified atom stereocenters. The van der Waals surface area contributed by atoms with Crippen LogP contribution in [0.5, 0.6) is 5.75 Å². The Balaban J connectivity index is 2.81. The molecule has 1 atom stereocenters. The molecule has 0 aliphatic carbocycles. The predicted octanol–water partition coefficient (Wildman–Crippen LogP) is 2.89. The Morgan fingerprint density at radius 1 is 1.18 bits per heavy atom. The molecule has 122 valence electrons. The highest BCUT2D eigenvalue weighted by molar-refractivity contribution is 5.94. The van der Waals surface area contributed by atoms with Gasteiger partial charge >= 0.3 is 5.97 Å². The van der Waals surface area contributed by atoms with Crippen LogP contribution < -0.4 is 4.74 Å². The molecule has 1 aromatic rings. The molecule has 0 spiro atoms. The highest BCUT2D eigenvalue weighted by atomic mass is 16.5. The van der Waals surface area contributed by atoms with E-state index in [1.54, 1.807) is 43.2 Å². The van der Waals surface area contributed by atoms with Crippen molar-refractivity contribution in [3.63, 3.8) is 0 Å². The van der Waals surface area contributed by atoms with Gasteiger partial charge in [0.25, 0.3) is 5.91 Å². The molecule has 0 bridgehead atoms. The van der Waals surface area contributed by atoms with Crippen molar-refractivity contribution in [1.29, 1.82) is 0 Å². The molecule has 0 fully saturated rings. The van der Waals surface area contributed by atoms with Crippen LogP contribution >= 0.6 is 0 Å². The Bertz CT molecular complexity index is 484. The molecule has 5 nitrogen and oxygen atoms in total. The van der Waals surface area contributed by atoms with E-state index in [9.17, 15) is 9.59 Å². The van der Waals surface area contributed by atoms with E-state index < -0.39 is 0 Å². The van der Waals surface area contributed by atoms with Crippen molar-refractivity contribution < 1.29 is 19.1 Å². The Morgan fingerprint density at radius 2 is 1.82 bits per heavy atom. The molecule has 22 heavy (non-hydrogen) atoms. The van der Waals surface area contributed by atoms with E-state index in [2.05, 4.69) is 0 Å². The van der Waals surface area contributed by atoms with E-state index in [0.717, 1.165) is 6.42 Å². The van der Waals surface area contributed by atoms with Crippen LogP contribution in [0.3, 0.4) is 0 Å². The number of esters is 1. The summed E-state index contributed by atoms with van der Waals surface area (Å²) in [5.41, 5.74) is 0.588. The fraction of sp³-hybridized carbons (Fsp3) is 0.529. The minimum atomic E-state index is -0.279. The van der Waals surface area contributed by atoms with Gasteiger partial charge in [0.15, 0.2) is 0 Å². The smallest absolute Gasteiger partial charge is 0.307 e. The quantitative estimate of drug-likeness (QED) is 0.693. The Kier molecular flexibility index (Phi) is 7.43. The van der Waals surface area contributed by atoms with E-state index >= 15 is 0 Å². The normalized spacial score (nSPS) is 11.6. The van der Waals surface area contributed by atoms with Crippen LogP contribution in [-0.2, 0) is 9.53 Å². The number of rotatable bonds is 8. The lowest BCUT2D eigenvalue weighted by atomic mass is 10.1. The first-order valence-electron chi connectivity index (χ1n) is 7.64. The van der Waals surface area contributed by atoms with Crippen molar-refractivity contribution in [3.8, 4) is 5.75 Å². The Hall–Kier alpha value is -2.04. The lowest BCUT2D eigenvalue weighted by molar-refractivity contribution is -0.143. The van der Waals surface area contributed by atoms with Crippen molar-refractivity contribution in [2.24, 2.45) is 0 Å². The summed E-state index contributed by atoms with van der Waals surface area (Å²) in [5.74, 6) is 0.345. The van der Waals surface area contributed by atoms with Crippen LogP contribution in [0.15, 0.2) is 24.3 Å². The lowest BCUT2D eigenvalue weighted by Crippen LogP contribution is -2.39. The molecular weight excluding hydrogens is 282 g/mol. The standard InChI is InChI=1S/C17H25NO4/c1-5-13(3)18(12-11-16(19)22-6-2)17(20)14-7-9-15(21-4)10-8-14/h7-10,13H,5-6,11-12H2,1-4H3. The van der Waals surface area contributed by atoms with E-state index in [-0.39, 0.29) is 24.3 Å². The van der Waals surface area contributed by atoms with Crippen LogP contribution in [0, 0.1) is 0 Å². The predicted molar refractivity (Wildman–Crippen MR) is 85.0 cm³/mol. The molecule has 0 aliphatic rings. The maximum absolute atomic E-state index is 12.6. The maximum atomic E-state index is 12.6. The van der Waals surface area contributed by atoms with Gasteiger partial charge in [0.2, 0.25) is 0 Å². The number of hydrogen-bond donors (Lipinski definition) is 0. The average Bonchev–Trinajstić information content (AvgIpc) is 2.54. The van der Waals surface area contributed by atoms with Gasteiger partial charge in [-0.3, -0.25) is 9.59 Å². The van der Waals surface area contributed by atoms with E-state index in [4.69, 9.17) is 9.47 Å². The van der Waals surface area contributed by atoms with Crippen molar-refractivity contribution in [2.45, 2.75) is 39.7 Å². The molecular formula is C17H25NO4. The molecule has 0 N–H and O–H groups in total. The number of carbonyl (C=O) groups is 2. The summed E-state index contributed by atoms with van der Waals surface area (Å²) < 4.78 is 10.0. The number of hydrogen-bond acceptors (Lipinski definition) is 4. The van der Waals surface area contributed by atoms with Crippen molar-refractivity contribution in [3.05, 3.63) is 29.8 Å². The van der Waals surface area contributed by atoms with Crippen molar-refractivity contribution in [1.82, 2.24) is 4.90 Å². The van der Waals surface area contributed by atoms with Gasteiger partial charge in [-0.15, -0.1) is 0 Å². The summed E-state index contributed by atoms with van der Waals surface area (Å²) >= 11 is 0. The third-order valence-corrected chi connectivity index (χ3v) is 3.58. The molecule has 1 amide bonds. The zero-order valence-electron chi connectivity index (χ0n) is 13.8. The first kappa shape index (κ1) is 18.0. The van der Waals surface area contributed by atoms with Crippen LogP contribution in [0.4, 0.5) is 0 Å². The summed E-state index contributed by atoms with van der Waals surface area (Å²) in [5, 5.41) is 0. The zero-order valence-corrected chi connectivity index (χ0v) is 13.8. The molecule has 0 aliphatic heterocycles. The van der Waals surface area contributed by atoms with Gasteiger partial charge in [0, 0.05) is 18.2 Å². The Labute approximate surface area is 132 Å². The van der Waals surface area contributed by atoms with Gasteiger partial charge in [-0.2, -0.15) is 0 Å². The number of methoxy groups -OCH3 is 1. The summed E-state index contributed by atoms with van der Waals surface area (Å²) in [6.45, 7) is 6.48. The SMILES string of the molecule is CCOC(=O)CCN(C(=O)c1ccc(OC)cc1)C(C)CC. The van der Waals surface area contributed by atoms with E-state index in [1.165, 1.54) is 0 Å². The third kappa shape index (κ3) is 5.06. The van der Waals surface area contributed by atoms with Gasteiger partial charge in [0.1, 0.15) is 5.75 Å². The van der Waals surface area contributed by atoms with E-state index in [0.29, 0.717) is 24.5 Å². The Morgan fingerprint density at radius 3 is 2.32 bits per heavy atom. The molecule has 0 saturated heterocycles. The van der Waals surface area contributed by atoms with Crippen LogP contribution in [0.25, 0.3) is 0 Å². The number of benzene rings is 1. The van der Waals surface area contributed by atoms with E-state index in [1.807, 2.05) is 13.8 Å². The third-order valence-electron chi connectivity index (χ3n) is 3.58. The van der Waals surface area contributed by atoms with Crippen LogP contribution in [0.2, 0.25) is 0 Å². The highest BCUT2D eigenvalue weighted by Gasteiger charge is 2.21. The van der Waals surface area contributed by atoms with Crippen LogP contribution in [0.1, 0.15) is 44.0 Å². The lowest BCUT2D eigenvalue weighted by Gasteiger charge is -2.28. The van der Waals surface area contributed by atoms with Gasteiger partial charge in [-0.05, 0) is 44.5 Å². The first-order chi connectivity index (χ1) is 10.5. The molecule has 1 aromatic carbocycles. The number of amides is 1. The molecule has 0 heterocycles. The molecule has 0 aromatic heterocycles. The second kappa shape index (κ2) is 9.07.